The topological polar surface area (TPSA) is 106 Å². The highest BCUT2D eigenvalue weighted by atomic mass is 35.5. The molecule has 0 spiro atoms. The van der Waals surface area contributed by atoms with Gasteiger partial charge in [0.25, 0.3) is 0 Å². The van der Waals surface area contributed by atoms with Gasteiger partial charge < -0.3 is 15.0 Å². The van der Waals surface area contributed by atoms with Crippen LogP contribution >= 0.6 is 11.6 Å². The van der Waals surface area contributed by atoms with Gasteiger partial charge in [-0.25, -0.2) is 4.79 Å². The van der Waals surface area contributed by atoms with Gasteiger partial charge in [0.1, 0.15) is 5.97 Å². The largest absolute Gasteiger partial charge is 0.544 e. The van der Waals surface area contributed by atoms with E-state index in [1.807, 2.05) is 0 Å². The lowest BCUT2D eigenvalue weighted by atomic mass is 10.1. The molecule has 0 saturated carbocycles. The summed E-state index contributed by atoms with van der Waals surface area (Å²) in [4.78, 5) is 21.6. The Morgan fingerprint density at radius 3 is 1.23 bits per heavy atom. The molecule has 0 atom stereocenters. The molecule has 6 nitrogen and oxygen atoms in total. The number of halogens is 15. The third kappa shape index (κ3) is 7.97. The zero-order chi connectivity index (χ0) is 28.8. The van der Waals surface area contributed by atoms with Crippen LogP contribution in [-0.4, -0.2) is 53.1 Å². The van der Waals surface area contributed by atoms with Crippen molar-refractivity contribution in [1.29, 1.82) is 5.39 Å². The van der Waals surface area contributed by atoms with Gasteiger partial charge in [-0.2, -0.15) is 61.5 Å². The summed E-state index contributed by atoms with van der Waals surface area (Å²) in [7, 11) is 0. The van der Waals surface area contributed by atoms with Crippen molar-refractivity contribution in [3.63, 3.8) is 0 Å². The average Bonchev–Trinajstić information content (AvgIpc) is 2.67. The van der Waals surface area contributed by atoms with Crippen LogP contribution in [0.4, 0.5) is 67.2 Å². The van der Waals surface area contributed by atoms with Crippen molar-refractivity contribution in [2.24, 2.45) is 0 Å². The molecule has 0 bridgehead atoms. The van der Waals surface area contributed by atoms with E-state index in [1.54, 1.807) is 24.3 Å². The third-order valence-electron chi connectivity index (χ3n) is 2.97. The number of aliphatic carboxylic acids is 2. The maximum absolute atomic E-state index is 11.8. The smallest absolute Gasteiger partial charge is 0.460 e. The van der Waals surface area contributed by atoms with Crippen molar-refractivity contribution in [3.8, 4) is 0 Å². The van der Waals surface area contributed by atoms with Crippen LogP contribution in [0.2, 0.25) is 5.02 Å². The van der Waals surface area contributed by atoms with Crippen molar-refractivity contribution in [2.45, 2.75) is 36.0 Å². The number of diazo groups is 1. The highest BCUT2D eigenvalue weighted by Crippen LogP contribution is 2.47. The van der Waals surface area contributed by atoms with Gasteiger partial charge in [-0.3, -0.25) is 0 Å². The van der Waals surface area contributed by atoms with Crippen LogP contribution in [0.1, 0.15) is 0 Å². The summed E-state index contributed by atoms with van der Waals surface area (Å²) in [5, 5.41) is 25.5. The minimum absolute atomic E-state index is 0.513. The second-order valence-corrected chi connectivity index (χ2v) is 5.90. The molecule has 0 unspecified atom stereocenters. The van der Waals surface area contributed by atoms with Crippen LogP contribution < -0.4 is 5.11 Å². The molecule has 0 amide bonds. The first-order valence-electron chi connectivity index (χ1n) is 7.42. The highest BCUT2D eigenvalue weighted by molar-refractivity contribution is 6.30. The second-order valence-electron chi connectivity index (χ2n) is 5.46. The molecule has 1 aromatic carbocycles. The highest BCUT2D eigenvalue weighted by Gasteiger charge is 2.77. The molecule has 1 rings (SSSR count). The molecule has 200 valence electrons. The Morgan fingerprint density at radius 2 is 1.06 bits per heavy atom. The molecule has 0 aliphatic heterocycles. The summed E-state index contributed by atoms with van der Waals surface area (Å²) >= 11 is 5.55. The minimum Gasteiger partial charge on any atom is -0.544 e. The third-order valence-corrected chi connectivity index (χ3v) is 3.22. The summed E-state index contributed by atoms with van der Waals surface area (Å²) in [5.41, 5.74) is 0.513. The molecule has 35 heavy (non-hydrogen) atoms. The van der Waals surface area contributed by atoms with Gasteiger partial charge in [-0.1, -0.05) is 11.6 Å². The summed E-state index contributed by atoms with van der Waals surface area (Å²) in [6.07, 6.45) is -13.2. The Hall–Kier alpha value is -3.11. The number of benzene rings is 1. The molecule has 1 aromatic rings. The van der Waals surface area contributed by atoms with Gasteiger partial charge in [0.15, 0.2) is 4.98 Å². The predicted octanol–water partition coefficient (Wildman–Crippen LogP) is 5.30. The van der Waals surface area contributed by atoms with E-state index in [4.69, 9.17) is 22.1 Å². The van der Waals surface area contributed by atoms with Crippen molar-refractivity contribution in [3.05, 3.63) is 34.3 Å². The van der Waals surface area contributed by atoms with E-state index in [0.29, 0.717) is 10.7 Å². The van der Waals surface area contributed by atoms with Gasteiger partial charge in [0.05, 0.1) is 0 Å². The molecular weight excluding hydrogens is 562 g/mol. The maximum Gasteiger partial charge on any atom is 0.460 e. The van der Waals surface area contributed by atoms with E-state index in [2.05, 4.69) is 4.98 Å². The SMILES string of the molecule is N#[N+]c1ccc(Cl)cc1.O=C(O)C(F)(F)C(F)(F)C(F)(F)F.O=C([O-])C(F)(F)C(F)(F)C(F)(F)F. The standard InChI is InChI=1S/C6H4ClN2.2C4HF7O2/c7-5-1-3-6(9-8)4-2-5;2*5-2(6,1(12)13)3(7,8)4(9,10)11/h1-4H;2*(H,12,13)/q+1;;/p-1. The lowest BCUT2D eigenvalue weighted by molar-refractivity contribution is -0.387. The number of carboxylic acid groups (broad SMARTS) is 2. The Balaban J connectivity index is 0. The maximum atomic E-state index is 11.8. The van der Waals surface area contributed by atoms with E-state index in [-0.39, 0.29) is 0 Å². The Kier molecular flexibility index (Phi) is 10.8. The molecule has 1 N–H and O–H groups in total. The van der Waals surface area contributed by atoms with Gasteiger partial charge in [-0.05, 0) is 12.1 Å². The molecule has 21 heteroatoms. The van der Waals surface area contributed by atoms with Crippen LogP contribution in [0.25, 0.3) is 4.98 Å². The average molecular weight is 567 g/mol. The van der Waals surface area contributed by atoms with Crippen LogP contribution in [0.5, 0.6) is 0 Å². The molecule has 0 heterocycles. The van der Waals surface area contributed by atoms with Crippen molar-refractivity contribution < 1.29 is 81.3 Å². The first-order chi connectivity index (χ1) is 15.2. The Labute approximate surface area is 187 Å². The van der Waals surface area contributed by atoms with Gasteiger partial charge in [0, 0.05) is 17.2 Å². The quantitative estimate of drug-likeness (QED) is 0.394. The molecule has 0 fully saturated rings. The molecule has 0 radical (unpaired) electrons. The van der Waals surface area contributed by atoms with Crippen LogP contribution in [0, 0.1) is 5.39 Å². The van der Waals surface area contributed by atoms with Crippen molar-refractivity contribution in [1.82, 2.24) is 0 Å². The van der Waals surface area contributed by atoms with Gasteiger partial charge in [0.2, 0.25) is 5.39 Å². The van der Waals surface area contributed by atoms with Crippen molar-refractivity contribution in [2.75, 3.05) is 0 Å². The molecular formula is C14H5ClF14N2O4. The first-order valence-corrected chi connectivity index (χ1v) is 7.79. The monoisotopic (exact) mass is 566 g/mol. The fourth-order valence-electron chi connectivity index (χ4n) is 1.13. The van der Waals surface area contributed by atoms with Gasteiger partial charge in [-0.15, -0.1) is 0 Å². The predicted molar refractivity (Wildman–Crippen MR) is 80.7 cm³/mol. The Morgan fingerprint density at radius 1 is 0.743 bits per heavy atom. The van der Waals surface area contributed by atoms with Crippen molar-refractivity contribution >= 4 is 29.2 Å². The summed E-state index contributed by atoms with van der Waals surface area (Å²) in [6.45, 7) is 0. The summed E-state index contributed by atoms with van der Waals surface area (Å²) in [5.74, 6) is -33.0. The van der Waals surface area contributed by atoms with Crippen LogP contribution in [-0.2, 0) is 9.59 Å². The number of nitrogens with zero attached hydrogens (tertiary/aromatic N) is 2. The normalized spacial score (nSPS) is 12.9. The summed E-state index contributed by atoms with van der Waals surface area (Å²) in [6, 6.07) is 6.58. The van der Waals surface area contributed by atoms with Gasteiger partial charge >= 0.3 is 47.7 Å². The summed E-state index contributed by atoms with van der Waals surface area (Å²) < 4.78 is 161. The second kappa shape index (κ2) is 11.1. The van der Waals surface area contributed by atoms with E-state index in [0.717, 1.165) is 0 Å². The molecule has 0 aliphatic carbocycles. The number of carbonyl (C=O) groups excluding carboxylic acids is 1. The molecule has 0 aliphatic rings. The Bertz CT molecular complexity index is 875. The number of rotatable bonds is 4. The van der Waals surface area contributed by atoms with E-state index < -0.39 is 48.0 Å². The fraction of sp³-hybridized carbons (Fsp3) is 0.429. The number of carbonyl (C=O) groups is 2. The fourth-order valence-corrected chi connectivity index (χ4v) is 1.25. The zero-order valence-corrected chi connectivity index (χ0v) is 16.3. The number of hydrogen-bond donors (Lipinski definition) is 1. The number of hydrogen-bond acceptors (Lipinski definition) is 4. The van der Waals surface area contributed by atoms with E-state index in [9.17, 15) is 76.2 Å². The molecule has 0 saturated heterocycles. The van der Waals surface area contributed by atoms with E-state index >= 15 is 0 Å². The van der Waals surface area contributed by atoms with Crippen LogP contribution in [0.15, 0.2) is 24.3 Å². The van der Waals surface area contributed by atoms with Crippen LogP contribution in [0.3, 0.4) is 0 Å². The number of carboxylic acids is 2. The van der Waals surface area contributed by atoms with E-state index in [1.165, 1.54) is 0 Å². The number of alkyl halides is 14. The minimum atomic E-state index is -6.64. The lowest BCUT2D eigenvalue weighted by Gasteiger charge is -2.28. The first kappa shape index (κ1) is 34.1. The molecule has 0 aromatic heterocycles. The zero-order valence-electron chi connectivity index (χ0n) is 15.5. The lowest BCUT2D eigenvalue weighted by Crippen LogP contribution is -2.60.